The van der Waals surface area contributed by atoms with Gasteiger partial charge in [0.15, 0.2) is 5.13 Å². The first kappa shape index (κ1) is 18.1. The lowest BCUT2D eigenvalue weighted by Gasteiger charge is -2.33. The van der Waals surface area contributed by atoms with Crippen molar-refractivity contribution in [2.45, 2.75) is 12.1 Å². The number of nitrogens with zero attached hydrogens (tertiary/aromatic N) is 2. The Morgan fingerprint density at radius 1 is 1.00 bits per heavy atom. The largest absolute Gasteiger partial charge is 0.329 e. The van der Waals surface area contributed by atoms with E-state index < -0.39 is 0 Å². The van der Waals surface area contributed by atoms with Crippen molar-refractivity contribution in [2.75, 3.05) is 19.4 Å². The van der Waals surface area contributed by atoms with Crippen LogP contribution in [0.4, 0.5) is 9.93 Å². The number of aromatic nitrogens is 1. The topological polar surface area (TPSA) is 57.3 Å². The predicted molar refractivity (Wildman–Crippen MR) is 106 cm³/mol. The fraction of sp³-hybridized carbons (Fsp3) is 0.200. The van der Waals surface area contributed by atoms with Crippen LogP contribution in [0.25, 0.3) is 0 Å². The molecule has 2 N–H and O–H groups in total. The third-order valence-electron chi connectivity index (χ3n) is 4.11. The number of likely N-dealkylation sites (N-methyl/N-ethyl adjacent to an activating group) is 1. The minimum atomic E-state index is -0.267. The number of thiazole rings is 1. The molecule has 0 aliphatic carbocycles. The fourth-order valence-electron chi connectivity index (χ4n) is 3.00. The Balaban J connectivity index is 1.90. The molecule has 0 spiro atoms. The maximum absolute atomic E-state index is 12.6. The summed E-state index contributed by atoms with van der Waals surface area (Å²) < 4.78 is 0. The van der Waals surface area contributed by atoms with Crippen molar-refractivity contribution in [1.82, 2.24) is 15.2 Å². The molecule has 0 bridgehead atoms. The van der Waals surface area contributed by atoms with Gasteiger partial charge in [-0.2, -0.15) is 0 Å². The van der Waals surface area contributed by atoms with Crippen LogP contribution in [0.3, 0.4) is 0 Å². The molecule has 0 saturated heterocycles. The quantitative estimate of drug-likeness (QED) is 0.683. The van der Waals surface area contributed by atoms with E-state index in [1.165, 1.54) is 11.3 Å². The summed E-state index contributed by atoms with van der Waals surface area (Å²) in [6, 6.07) is 19.7. The summed E-state index contributed by atoms with van der Waals surface area (Å²) in [5, 5.41) is 8.34. The Morgan fingerprint density at radius 3 is 2.15 bits per heavy atom. The van der Waals surface area contributed by atoms with Gasteiger partial charge >= 0.3 is 6.03 Å². The second-order valence-corrected chi connectivity index (χ2v) is 7.04. The lowest BCUT2D eigenvalue weighted by atomic mass is 9.92. The molecule has 2 atom stereocenters. The van der Waals surface area contributed by atoms with Crippen LogP contribution in [-0.4, -0.2) is 30.0 Å². The van der Waals surface area contributed by atoms with Crippen molar-refractivity contribution in [3.8, 4) is 0 Å². The van der Waals surface area contributed by atoms with Crippen molar-refractivity contribution < 1.29 is 4.79 Å². The fourth-order valence-corrected chi connectivity index (χ4v) is 3.53. The smallest absolute Gasteiger partial charge is 0.321 e. The van der Waals surface area contributed by atoms with Crippen LogP contribution < -0.4 is 10.6 Å². The summed E-state index contributed by atoms with van der Waals surface area (Å²) >= 11 is 1.39. The van der Waals surface area contributed by atoms with Gasteiger partial charge in [-0.05, 0) is 25.2 Å². The number of hydrogen-bond acceptors (Lipinski definition) is 4. The molecule has 6 heteroatoms. The number of hydrogen-bond donors (Lipinski definition) is 2. The van der Waals surface area contributed by atoms with Crippen LogP contribution in [0.15, 0.2) is 72.2 Å². The SMILES string of the molecule is CN(C)[C@@H](c1ccccc1)[C@@H](NC(=O)Nc1nccs1)c1ccccc1. The van der Waals surface area contributed by atoms with E-state index in [0.717, 1.165) is 11.1 Å². The highest BCUT2D eigenvalue weighted by Crippen LogP contribution is 2.32. The number of anilines is 1. The molecule has 3 aromatic rings. The van der Waals surface area contributed by atoms with Gasteiger partial charge in [-0.3, -0.25) is 5.32 Å². The van der Waals surface area contributed by atoms with Gasteiger partial charge in [0, 0.05) is 11.6 Å². The highest BCUT2D eigenvalue weighted by molar-refractivity contribution is 7.13. The van der Waals surface area contributed by atoms with Crippen molar-refractivity contribution in [3.63, 3.8) is 0 Å². The van der Waals surface area contributed by atoms with Crippen LogP contribution in [0.2, 0.25) is 0 Å². The molecule has 0 unspecified atom stereocenters. The molecule has 2 amide bonds. The van der Waals surface area contributed by atoms with E-state index in [-0.39, 0.29) is 18.1 Å². The third kappa shape index (κ3) is 4.47. The predicted octanol–water partition coefficient (Wildman–Crippen LogP) is 4.31. The van der Waals surface area contributed by atoms with Gasteiger partial charge in [0.05, 0.1) is 12.1 Å². The zero-order valence-corrected chi connectivity index (χ0v) is 15.6. The summed E-state index contributed by atoms with van der Waals surface area (Å²) in [5.74, 6) is 0. The van der Waals surface area contributed by atoms with E-state index in [1.54, 1.807) is 6.20 Å². The molecule has 1 aromatic heterocycles. The van der Waals surface area contributed by atoms with Gasteiger partial charge in [0.1, 0.15) is 0 Å². The lowest BCUT2D eigenvalue weighted by molar-refractivity contribution is 0.218. The van der Waals surface area contributed by atoms with Gasteiger partial charge in [-0.1, -0.05) is 60.7 Å². The van der Waals surface area contributed by atoms with Crippen LogP contribution in [0.1, 0.15) is 23.2 Å². The standard InChI is InChI=1S/C20H22N4OS/c1-24(2)18(16-11-7-4-8-12-16)17(15-9-5-3-6-10-15)22-19(25)23-20-21-13-14-26-20/h3-14,17-18H,1-2H3,(H2,21,22,23,25)/t17-,18-/m0/s1. The molecule has 0 radical (unpaired) electrons. The van der Waals surface area contributed by atoms with Crippen molar-refractivity contribution in [3.05, 3.63) is 83.4 Å². The van der Waals surface area contributed by atoms with Crippen molar-refractivity contribution >= 4 is 22.5 Å². The molecule has 134 valence electrons. The Hall–Kier alpha value is -2.70. The summed E-state index contributed by atoms with van der Waals surface area (Å²) in [6.07, 6.45) is 1.67. The van der Waals surface area contributed by atoms with Gasteiger partial charge in [0.25, 0.3) is 0 Å². The van der Waals surface area contributed by atoms with Crippen LogP contribution in [0, 0.1) is 0 Å². The number of carbonyl (C=O) groups excluding carboxylic acids is 1. The first-order chi connectivity index (χ1) is 12.6. The minimum Gasteiger partial charge on any atom is -0.329 e. The Morgan fingerprint density at radius 2 is 1.62 bits per heavy atom. The molecular weight excluding hydrogens is 344 g/mol. The lowest BCUT2D eigenvalue weighted by Crippen LogP contribution is -2.40. The zero-order valence-electron chi connectivity index (χ0n) is 14.8. The van der Waals surface area contributed by atoms with Crippen LogP contribution in [0.5, 0.6) is 0 Å². The normalized spacial score (nSPS) is 13.2. The maximum atomic E-state index is 12.6. The molecule has 2 aromatic carbocycles. The molecule has 0 fully saturated rings. The second kappa shape index (κ2) is 8.60. The average molecular weight is 366 g/mol. The number of carbonyl (C=O) groups is 1. The van der Waals surface area contributed by atoms with E-state index in [2.05, 4.69) is 32.7 Å². The summed E-state index contributed by atoms with van der Waals surface area (Å²) in [7, 11) is 4.04. The van der Waals surface area contributed by atoms with Gasteiger partial charge in [-0.25, -0.2) is 9.78 Å². The van der Waals surface area contributed by atoms with Crippen molar-refractivity contribution in [1.29, 1.82) is 0 Å². The monoisotopic (exact) mass is 366 g/mol. The number of amides is 2. The Labute approximate surface area is 157 Å². The first-order valence-corrected chi connectivity index (χ1v) is 9.26. The van der Waals surface area contributed by atoms with E-state index in [1.807, 2.05) is 68.0 Å². The Kier molecular flexibility index (Phi) is 5.99. The maximum Gasteiger partial charge on any atom is 0.321 e. The molecule has 26 heavy (non-hydrogen) atoms. The number of urea groups is 1. The van der Waals surface area contributed by atoms with Gasteiger partial charge in [-0.15, -0.1) is 11.3 Å². The highest BCUT2D eigenvalue weighted by Gasteiger charge is 2.28. The highest BCUT2D eigenvalue weighted by atomic mass is 32.1. The van der Waals surface area contributed by atoms with Gasteiger partial charge < -0.3 is 10.2 Å². The zero-order chi connectivity index (χ0) is 18.4. The van der Waals surface area contributed by atoms with E-state index in [0.29, 0.717) is 5.13 Å². The van der Waals surface area contributed by atoms with Crippen LogP contribution >= 0.6 is 11.3 Å². The van der Waals surface area contributed by atoms with E-state index in [4.69, 9.17) is 0 Å². The minimum absolute atomic E-state index is 0.0133. The average Bonchev–Trinajstić information content (AvgIpc) is 3.15. The van der Waals surface area contributed by atoms with Crippen LogP contribution in [-0.2, 0) is 0 Å². The summed E-state index contributed by atoms with van der Waals surface area (Å²) in [5.41, 5.74) is 2.19. The van der Waals surface area contributed by atoms with Gasteiger partial charge in [0.2, 0.25) is 0 Å². The van der Waals surface area contributed by atoms with Crippen molar-refractivity contribution in [2.24, 2.45) is 0 Å². The second-order valence-electron chi connectivity index (χ2n) is 6.14. The summed E-state index contributed by atoms with van der Waals surface area (Å²) in [4.78, 5) is 18.8. The molecule has 3 rings (SSSR count). The van der Waals surface area contributed by atoms with E-state index >= 15 is 0 Å². The molecule has 0 aliphatic heterocycles. The number of rotatable bonds is 6. The third-order valence-corrected chi connectivity index (χ3v) is 4.80. The van der Waals surface area contributed by atoms with E-state index in [9.17, 15) is 4.79 Å². The summed E-state index contributed by atoms with van der Waals surface area (Å²) in [6.45, 7) is 0. The molecule has 0 aliphatic rings. The molecular formula is C20H22N4OS. The Bertz CT molecular complexity index is 806. The molecule has 0 saturated carbocycles. The molecule has 1 heterocycles. The molecule has 5 nitrogen and oxygen atoms in total. The number of benzene rings is 2. The number of nitrogens with one attached hydrogen (secondary N) is 2. The first-order valence-electron chi connectivity index (χ1n) is 8.38.